The molecule has 1 atom stereocenters. The molecule has 1 fully saturated rings. The van der Waals surface area contributed by atoms with Crippen LogP contribution in [0.15, 0.2) is 12.1 Å². The number of nitrogen functional groups attached to an aromatic ring is 1. The third-order valence-corrected chi connectivity index (χ3v) is 3.71. The fourth-order valence-electron chi connectivity index (χ4n) is 2.47. The molecule has 1 aliphatic heterocycles. The molecule has 1 aromatic rings. The minimum Gasteiger partial charge on any atom is -0.473 e. The van der Waals surface area contributed by atoms with Crippen molar-refractivity contribution in [2.75, 3.05) is 23.7 Å². The van der Waals surface area contributed by atoms with E-state index in [1.165, 1.54) is 6.42 Å². The molecule has 4 nitrogen and oxygen atoms in total. The van der Waals surface area contributed by atoms with Crippen LogP contribution >= 0.6 is 0 Å². The molecule has 0 bridgehead atoms. The van der Waals surface area contributed by atoms with Crippen molar-refractivity contribution in [3.05, 3.63) is 12.1 Å². The molecule has 1 saturated heterocycles. The fourth-order valence-corrected chi connectivity index (χ4v) is 2.47. The zero-order chi connectivity index (χ0) is 14.0. The van der Waals surface area contributed by atoms with Crippen LogP contribution in [0.25, 0.3) is 0 Å². The van der Waals surface area contributed by atoms with Crippen LogP contribution in [-0.4, -0.2) is 24.2 Å². The average Bonchev–Trinajstić information content (AvgIpc) is 2.81. The van der Waals surface area contributed by atoms with Crippen LogP contribution in [0.3, 0.4) is 0 Å². The predicted octanol–water partition coefficient (Wildman–Crippen LogP) is 2.93. The van der Waals surface area contributed by atoms with Gasteiger partial charge in [0.15, 0.2) is 0 Å². The first-order chi connectivity index (χ1) is 8.97. The summed E-state index contributed by atoms with van der Waals surface area (Å²) in [6, 6.07) is 3.88. The molecule has 0 spiro atoms. The summed E-state index contributed by atoms with van der Waals surface area (Å²) in [7, 11) is 0. The average molecular weight is 263 g/mol. The number of pyridine rings is 1. The van der Waals surface area contributed by atoms with Gasteiger partial charge >= 0.3 is 0 Å². The summed E-state index contributed by atoms with van der Waals surface area (Å²) >= 11 is 0. The van der Waals surface area contributed by atoms with E-state index in [0.29, 0.717) is 11.6 Å². The molecule has 0 amide bonds. The summed E-state index contributed by atoms with van der Waals surface area (Å²) in [5.41, 5.74) is 6.51. The van der Waals surface area contributed by atoms with Gasteiger partial charge in [0.2, 0.25) is 5.88 Å². The van der Waals surface area contributed by atoms with Crippen LogP contribution in [-0.2, 0) is 0 Å². The van der Waals surface area contributed by atoms with E-state index in [4.69, 9.17) is 10.5 Å². The molecular weight excluding hydrogens is 238 g/mol. The summed E-state index contributed by atoms with van der Waals surface area (Å²) < 4.78 is 5.66. The van der Waals surface area contributed by atoms with Gasteiger partial charge in [-0.2, -0.15) is 4.98 Å². The second kappa shape index (κ2) is 5.68. The Hall–Kier alpha value is -1.45. The molecule has 2 N–H and O–H groups in total. The molecule has 106 valence electrons. The molecular formula is C15H25N3O. The molecule has 19 heavy (non-hydrogen) atoms. The van der Waals surface area contributed by atoms with E-state index < -0.39 is 0 Å². The summed E-state index contributed by atoms with van der Waals surface area (Å²) in [5.74, 6) is 3.02. The zero-order valence-electron chi connectivity index (χ0n) is 12.4. The number of hydrogen-bond acceptors (Lipinski definition) is 4. The van der Waals surface area contributed by atoms with Gasteiger partial charge in [-0.15, -0.1) is 0 Å². The van der Waals surface area contributed by atoms with Crippen molar-refractivity contribution in [2.45, 2.75) is 40.2 Å². The second-order valence-corrected chi connectivity index (χ2v) is 5.97. The topological polar surface area (TPSA) is 51.4 Å². The SMILES string of the molecule is CC(C)Oc1nc(N2CCC(C(C)C)C2)ccc1N. The lowest BCUT2D eigenvalue weighted by atomic mass is 9.95. The Morgan fingerprint density at radius 1 is 1.32 bits per heavy atom. The maximum Gasteiger partial charge on any atom is 0.239 e. The van der Waals surface area contributed by atoms with Gasteiger partial charge in [0.05, 0.1) is 11.8 Å². The van der Waals surface area contributed by atoms with E-state index in [0.717, 1.165) is 30.7 Å². The van der Waals surface area contributed by atoms with Crippen LogP contribution in [0.5, 0.6) is 5.88 Å². The van der Waals surface area contributed by atoms with Crippen molar-refractivity contribution in [2.24, 2.45) is 11.8 Å². The number of anilines is 2. The van der Waals surface area contributed by atoms with Crippen LogP contribution in [0.2, 0.25) is 0 Å². The van der Waals surface area contributed by atoms with Gasteiger partial charge < -0.3 is 15.4 Å². The number of rotatable bonds is 4. The summed E-state index contributed by atoms with van der Waals surface area (Å²) in [4.78, 5) is 6.90. The molecule has 1 aromatic heterocycles. The van der Waals surface area contributed by atoms with Crippen LogP contribution in [0.4, 0.5) is 11.5 Å². The lowest BCUT2D eigenvalue weighted by Gasteiger charge is -2.20. The molecule has 2 heterocycles. The summed E-state index contributed by atoms with van der Waals surface area (Å²) in [6.07, 6.45) is 1.33. The van der Waals surface area contributed by atoms with Crippen molar-refractivity contribution >= 4 is 11.5 Å². The lowest BCUT2D eigenvalue weighted by molar-refractivity contribution is 0.234. The van der Waals surface area contributed by atoms with E-state index in [2.05, 4.69) is 23.7 Å². The van der Waals surface area contributed by atoms with Crippen molar-refractivity contribution in [1.82, 2.24) is 4.98 Å². The molecule has 0 saturated carbocycles. The smallest absolute Gasteiger partial charge is 0.239 e. The van der Waals surface area contributed by atoms with Crippen molar-refractivity contribution < 1.29 is 4.74 Å². The van der Waals surface area contributed by atoms with Gasteiger partial charge in [-0.05, 0) is 44.2 Å². The maximum absolute atomic E-state index is 5.91. The number of ether oxygens (including phenoxy) is 1. The first kappa shape index (κ1) is 14.0. The second-order valence-electron chi connectivity index (χ2n) is 5.97. The largest absolute Gasteiger partial charge is 0.473 e. The molecule has 1 unspecified atom stereocenters. The predicted molar refractivity (Wildman–Crippen MR) is 79.6 cm³/mol. The number of hydrogen-bond donors (Lipinski definition) is 1. The summed E-state index contributed by atoms with van der Waals surface area (Å²) in [6.45, 7) is 10.7. The van der Waals surface area contributed by atoms with E-state index in [-0.39, 0.29) is 6.10 Å². The van der Waals surface area contributed by atoms with Gasteiger partial charge in [0.25, 0.3) is 0 Å². The van der Waals surface area contributed by atoms with Crippen LogP contribution in [0, 0.1) is 11.8 Å². The molecule has 1 aliphatic rings. The van der Waals surface area contributed by atoms with Gasteiger partial charge in [0.1, 0.15) is 5.82 Å². The first-order valence-electron chi connectivity index (χ1n) is 7.15. The van der Waals surface area contributed by atoms with Crippen LogP contribution < -0.4 is 15.4 Å². The number of aromatic nitrogens is 1. The van der Waals surface area contributed by atoms with E-state index in [9.17, 15) is 0 Å². The Morgan fingerprint density at radius 3 is 2.63 bits per heavy atom. The Labute approximate surface area is 116 Å². The van der Waals surface area contributed by atoms with Crippen molar-refractivity contribution in [3.63, 3.8) is 0 Å². The highest BCUT2D eigenvalue weighted by Gasteiger charge is 2.26. The normalized spacial score (nSPS) is 19.5. The Morgan fingerprint density at radius 2 is 2.05 bits per heavy atom. The standard InChI is InChI=1S/C15H25N3O/c1-10(2)12-7-8-18(9-12)14-6-5-13(16)15(17-14)19-11(3)4/h5-6,10-12H,7-9,16H2,1-4H3. The highest BCUT2D eigenvalue weighted by molar-refractivity contribution is 5.55. The minimum atomic E-state index is 0.0899. The van der Waals surface area contributed by atoms with Gasteiger partial charge in [0, 0.05) is 13.1 Å². The molecule has 0 radical (unpaired) electrons. The number of nitrogens with zero attached hydrogens (tertiary/aromatic N) is 2. The quantitative estimate of drug-likeness (QED) is 0.907. The Bertz CT molecular complexity index is 431. The molecule has 4 heteroatoms. The Kier molecular flexibility index (Phi) is 4.17. The molecule has 0 aromatic carbocycles. The summed E-state index contributed by atoms with van der Waals surface area (Å²) in [5, 5.41) is 0. The Balaban J connectivity index is 2.13. The van der Waals surface area contributed by atoms with Gasteiger partial charge in [-0.1, -0.05) is 13.8 Å². The lowest BCUT2D eigenvalue weighted by Crippen LogP contribution is -2.22. The number of nitrogens with two attached hydrogens (primary N) is 1. The zero-order valence-corrected chi connectivity index (χ0v) is 12.4. The first-order valence-corrected chi connectivity index (χ1v) is 7.15. The van der Waals surface area contributed by atoms with Crippen molar-refractivity contribution in [1.29, 1.82) is 0 Å². The van der Waals surface area contributed by atoms with E-state index in [1.807, 2.05) is 26.0 Å². The molecule has 2 rings (SSSR count). The van der Waals surface area contributed by atoms with Crippen molar-refractivity contribution in [3.8, 4) is 5.88 Å². The third-order valence-electron chi connectivity index (χ3n) is 3.71. The van der Waals surface area contributed by atoms with Gasteiger partial charge in [-0.25, -0.2) is 0 Å². The monoisotopic (exact) mass is 263 g/mol. The highest BCUT2D eigenvalue weighted by Crippen LogP contribution is 2.30. The van der Waals surface area contributed by atoms with Crippen LogP contribution in [0.1, 0.15) is 34.1 Å². The highest BCUT2D eigenvalue weighted by atomic mass is 16.5. The third kappa shape index (κ3) is 3.31. The van der Waals surface area contributed by atoms with E-state index in [1.54, 1.807) is 0 Å². The van der Waals surface area contributed by atoms with Gasteiger partial charge in [-0.3, -0.25) is 0 Å². The minimum absolute atomic E-state index is 0.0899. The van der Waals surface area contributed by atoms with E-state index >= 15 is 0 Å². The fraction of sp³-hybridized carbons (Fsp3) is 0.667. The molecule has 0 aliphatic carbocycles. The maximum atomic E-state index is 5.91.